The second-order valence-corrected chi connectivity index (χ2v) is 6.33. The molecule has 0 aliphatic rings. The van der Waals surface area contributed by atoms with Gasteiger partial charge in [0.1, 0.15) is 11.8 Å². The number of nitrogens with zero attached hydrogens (tertiary/aromatic N) is 1. The van der Waals surface area contributed by atoms with Crippen molar-refractivity contribution in [3.63, 3.8) is 0 Å². The molecule has 0 heterocycles. The number of hydrogen-bond donors (Lipinski definition) is 5. The summed E-state index contributed by atoms with van der Waals surface area (Å²) in [7, 11) is 0. The number of aromatic carboxylic acids is 1. The molecule has 0 saturated carbocycles. The molecule has 9 nitrogen and oxygen atoms in total. The van der Waals surface area contributed by atoms with Crippen LogP contribution in [0.2, 0.25) is 0 Å². The zero-order valence-corrected chi connectivity index (χ0v) is 16.7. The van der Waals surface area contributed by atoms with Crippen LogP contribution in [0.15, 0.2) is 59.6 Å². The number of benzene rings is 2. The van der Waals surface area contributed by atoms with Gasteiger partial charge in [0.05, 0.1) is 5.56 Å². The first-order valence-electron chi connectivity index (χ1n) is 9.43. The molecular weight excluding hydrogens is 386 g/mol. The highest BCUT2D eigenvalue weighted by atomic mass is 16.5. The van der Waals surface area contributed by atoms with Gasteiger partial charge < -0.3 is 32.8 Å². The molecule has 9 heteroatoms. The Kier molecular flexibility index (Phi) is 11.2. The molecule has 0 spiro atoms. The predicted molar refractivity (Wildman–Crippen MR) is 116 cm³/mol. The van der Waals surface area contributed by atoms with E-state index in [2.05, 4.69) is 17.1 Å². The van der Waals surface area contributed by atoms with Crippen molar-refractivity contribution in [2.24, 2.45) is 27.9 Å². The molecule has 0 aliphatic carbocycles. The quantitative estimate of drug-likeness (QED) is 0.131. The Labute approximate surface area is 175 Å². The van der Waals surface area contributed by atoms with E-state index in [4.69, 9.17) is 32.8 Å². The van der Waals surface area contributed by atoms with Gasteiger partial charge in [0.2, 0.25) is 0 Å². The van der Waals surface area contributed by atoms with Crippen LogP contribution in [0, 0.1) is 0 Å². The van der Waals surface area contributed by atoms with Crippen molar-refractivity contribution in [3.05, 3.63) is 65.7 Å². The standard InChI is InChI=1S/C13H18N4O4.C8H11N/c14-10(2-1-7-17-13(15)16)12(20)21-9-5-3-8(4-6-9)11(18)19;9-7-6-8-4-2-1-3-5-8/h3-6,10H,1-2,7,14H2,(H,18,19)(H4,15,16,17);1-5H,6-7,9H2/t10-;/m1./s1. The summed E-state index contributed by atoms with van der Waals surface area (Å²) in [4.78, 5) is 26.2. The SMILES string of the molecule is NC(N)=NCCC[C@@H](N)C(=O)Oc1ccc(C(=O)O)cc1.NCCc1ccccc1. The number of carboxylic acid groups (broad SMARTS) is 1. The zero-order chi connectivity index (χ0) is 22.4. The fourth-order valence-electron chi connectivity index (χ4n) is 2.31. The highest BCUT2D eigenvalue weighted by molar-refractivity contribution is 5.87. The summed E-state index contributed by atoms with van der Waals surface area (Å²) in [6.45, 7) is 1.13. The molecule has 0 unspecified atom stereocenters. The minimum atomic E-state index is -1.05. The first-order chi connectivity index (χ1) is 14.3. The summed E-state index contributed by atoms with van der Waals surface area (Å²) >= 11 is 0. The lowest BCUT2D eigenvalue weighted by molar-refractivity contribution is -0.136. The largest absolute Gasteiger partial charge is 0.478 e. The van der Waals surface area contributed by atoms with E-state index in [-0.39, 0.29) is 17.3 Å². The lowest BCUT2D eigenvalue weighted by Crippen LogP contribution is -2.34. The number of rotatable bonds is 9. The predicted octanol–water partition coefficient (Wildman–Crippen LogP) is 0.859. The van der Waals surface area contributed by atoms with E-state index in [1.807, 2.05) is 18.2 Å². The summed E-state index contributed by atoms with van der Waals surface area (Å²) in [5, 5.41) is 8.75. The topological polar surface area (TPSA) is 180 Å². The molecular formula is C21H29N5O4. The highest BCUT2D eigenvalue weighted by Crippen LogP contribution is 2.13. The average molecular weight is 415 g/mol. The van der Waals surface area contributed by atoms with Crippen molar-refractivity contribution in [1.82, 2.24) is 0 Å². The Morgan fingerprint density at radius 1 is 1.03 bits per heavy atom. The second-order valence-electron chi connectivity index (χ2n) is 6.33. The first-order valence-corrected chi connectivity index (χ1v) is 9.43. The molecule has 0 aromatic heterocycles. The van der Waals surface area contributed by atoms with Crippen molar-refractivity contribution < 1.29 is 19.4 Å². The summed E-state index contributed by atoms with van der Waals surface area (Å²) in [5.41, 5.74) is 22.8. The molecule has 2 aromatic rings. The Morgan fingerprint density at radius 2 is 1.67 bits per heavy atom. The number of ether oxygens (including phenoxy) is 1. The monoisotopic (exact) mass is 415 g/mol. The van der Waals surface area contributed by atoms with Gasteiger partial charge >= 0.3 is 11.9 Å². The molecule has 30 heavy (non-hydrogen) atoms. The maximum atomic E-state index is 11.7. The third kappa shape index (κ3) is 10.2. The van der Waals surface area contributed by atoms with Gasteiger partial charge in [0.25, 0.3) is 0 Å². The molecule has 0 radical (unpaired) electrons. The van der Waals surface area contributed by atoms with E-state index in [0.29, 0.717) is 19.4 Å². The molecule has 2 aromatic carbocycles. The second kappa shape index (κ2) is 13.7. The van der Waals surface area contributed by atoms with Gasteiger partial charge in [-0.2, -0.15) is 0 Å². The van der Waals surface area contributed by atoms with Crippen molar-refractivity contribution in [2.75, 3.05) is 13.1 Å². The lowest BCUT2D eigenvalue weighted by atomic mass is 10.1. The molecule has 9 N–H and O–H groups in total. The normalized spacial score (nSPS) is 10.9. The summed E-state index contributed by atoms with van der Waals surface area (Å²) < 4.78 is 5.05. The number of guanidine groups is 1. The van der Waals surface area contributed by atoms with Gasteiger partial charge in [0, 0.05) is 6.54 Å². The van der Waals surface area contributed by atoms with E-state index < -0.39 is 18.0 Å². The zero-order valence-electron chi connectivity index (χ0n) is 16.7. The molecule has 1 atom stereocenters. The van der Waals surface area contributed by atoms with Gasteiger partial charge in [-0.25, -0.2) is 9.59 Å². The van der Waals surface area contributed by atoms with Crippen molar-refractivity contribution in [1.29, 1.82) is 0 Å². The van der Waals surface area contributed by atoms with Crippen LogP contribution in [0.3, 0.4) is 0 Å². The Hall–Kier alpha value is -3.43. The van der Waals surface area contributed by atoms with Gasteiger partial charge in [-0.15, -0.1) is 0 Å². The van der Waals surface area contributed by atoms with Crippen molar-refractivity contribution in [3.8, 4) is 5.75 Å². The maximum absolute atomic E-state index is 11.7. The van der Waals surface area contributed by atoms with Gasteiger partial charge in [-0.05, 0) is 55.6 Å². The summed E-state index contributed by atoms with van der Waals surface area (Å²) in [6, 6.07) is 14.9. The number of hydrogen-bond acceptors (Lipinski definition) is 6. The Morgan fingerprint density at radius 3 is 2.20 bits per heavy atom. The molecule has 0 amide bonds. The van der Waals surface area contributed by atoms with Crippen LogP contribution < -0.4 is 27.7 Å². The number of carboxylic acids is 1. The minimum absolute atomic E-state index is 0.00957. The van der Waals surface area contributed by atoms with Gasteiger partial charge in [-0.3, -0.25) is 4.99 Å². The van der Waals surface area contributed by atoms with Crippen molar-refractivity contribution >= 4 is 17.9 Å². The van der Waals surface area contributed by atoms with E-state index in [1.54, 1.807) is 0 Å². The van der Waals surface area contributed by atoms with E-state index in [0.717, 1.165) is 13.0 Å². The number of carbonyl (C=O) groups is 2. The maximum Gasteiger partial charge on any atom is 0.335 e. The van der Waals surface area contributed by atoms with E-state index >= 15 is 0 Å². The van der Waals surface area contributed by atoms with Gasteiger partial charge in [0.15, 0.2) is 5.96 Å². The average Bonchev–Trinajstić information content (AvgIpc) is 2.73. The van der Waals surface area contributed by atoms with Crippen LogP contribution in [0.5, 0.6) is 5.75 Å². The Bertz CT molecular complexity index is 806. The van der Waals surface area contributed by atoms with Crippen LogP contribution in [0.1, 0.15) is 28.8 Å². The molecule has 0 saturated heterocycles. The van der Waals surface area contributed by atoms with E-state index in [1.165, 1.54) is 29.8 Å². The van der Waals surface area contributed by atoms with Crippen LogP contribution in [0.4, 0.5) is 0 Å². The number of esters is 1. The van der Waals surface area contributed by atoms with Crippen LogP contribution in [-0.4, -0.2) is 42.1 Å². The fourth-order valence-corrected chi connectivity index (χ4v) is 2.31. The number of nitrogens with two attached hydrogens (primary N) is 4. The molecule has 162 valence electrons. The smallest absolute Gasteiger partial charge is 0.335 e. The van der Waals surface area contributed by atoms with E-state index in [9.17, 15) is 9.59 Å². The third-order valence-corrected chi connectivity index (χ3v) is 3.87. The summed E-state index contributed by atoms with van der Waals surface area (Å²) in [6.07, 6.45) is 1.91. The third-order valence-electron chi connectivity index (χ3n) is 3.87. The van der Waals surface area contributed by atoms with Crippen LogP contribution in [0.25, 0.3) is 0 Å². The molecule has 0 bridgehead atoms. The summed E-state index contributed by atoms with van der Waals surface area (Å²) in [5.74, 6) is -1.42. The van der Waals surface area contributed by atoms with Gasteiger partial charge in [-0.1, -0.05) is 30.3 Å². The lowest BCUT2D eigenvalue weighted by Gasteiger charge is -2.10. The molecule has 0 aliphatic heterocycles. The van der Waals surface area contributed by atoms with Crippen LogP contribution in [-0.2, 0) is 11.2 Å². The number of carbonyl (C=O) groups excluding carboxylic acids is 1. The first kappa shape index (κ1) is 24.6. The highest BCUT2D eigenvalue weighted by Gasteiger charge is 2.15. The van der Waals surface area contributed by atoms with Crippen molar-refractivity contribution in [2.45, 2.75) is 25.3 Å². The molecule has 2 rings (SSSR count). The van der Waals surface area contributed by atoms with Crippen LogP contribution >= 0.6 is 0 Å². The fraction of sp³-hybridized carbons (Fsp3) is 0.286. The molecule has 0 fully saturated rings. The number of aliphatic imine (C=N–C) groups is 1. The minimum Gasteiger partial charge on any atom is -0.478 e. The Balaban J connectivity index is 0.000000414.